The predicted molar refractivity (Wildman–Crippen MR) is 84.1 cm³/mol. The van der Waals surface area contributed by atoms with Crippen molar-refractivity contribution in [2.45, 2.75) is 70.3 Å². The van der Waals surface area contributed by atoms with Gasteiger partial charge in [-0.1, -0.05) is 12.7 Å². The van der Waals surface area contributed by atoms with Gasteiger partial charge in [-0.2, -0.15) is 0 Å². The van der Waals surface area contributed by atoms with Gasteiger partial charge in [0.05, 0.1) is 7.11 Å². The average Bonchev–Trinajstić information content (AvgIpc) is 2.42. The molecule has 1 amide bonds. The second-order valence-corrected chi connectivity index (χ2v) is 6.72. The topological polar surface area (TPSA) is 55.8 Å². The van der Waals surface area contributed by atoms with E-state index in [0.717, 1.165) is 25.6 Å². The van der Waals surface area contributed by atoms with Crippen LogP contribution in [0.2, 0.25) is 6.32 Å². The number of rotatable bonds is 4. The highest BCUT2D eigenvalue weighted by Crippen LogP contribution is 2.35. The third-order valence-corrected chi connectivity index (χ3v) is 3.86. The van der Waals surface area contributed by atoms with Crippen molar-refractivity contribution < 1.29 is 19.1 Å². The first-order valence-corrected chi connectivity index (χ1v) is 7.86. The molecule has 1 aliphatic rings. The Morgan fingerprint density at radius 2 is 1.95 bits per heavy atom. The van der Waals surface area contributed by atoms with Crippen LogP contribution in [0.3, 0.4) is 0 Å². The van der Waals surface area contributed by atoms with Crippen molar-refractivity contribution in [2.24, 2.45) is 0 Å². The van der Waals surface area contributed by atoms with E-state index in [9.17, 15) is 9.59 Å². The van der Waals surface area contributed by atoms with Gasteiger partial charge in [0.2, 0.25) is 0 Å². The van der Waals surface area contributed by atoms with Crippen LogP contribution in [0.5, 0.6) is 0 Å². The minimum Gasteiger partial charge on any atom is -0.467 e. The Morgan fingerprint density at radius 1 is 1.29 bits per heavy atom. The summed E-state index contributed by atoms with van der Waals surface area (Å²) < 4.78 is 10.5. The average molecular weight is 297 g/mol. The van der Waals surface area contributed by atoms with Gasteiger partial charge in [-0.15, -0.1) is 0 Å². The zero-order valence-corrected chi connectivity index (χ0v) is 14.0. The van der Waals surface area contributed by atoms with E-state index in [1.54, 1.807) is 4.90 Å². The largest absolute Gasteiger partial charge is 0.467 e. The summed E-state index contributed by atoms with van der Waals surface area (Å²) >= 11 is 0. The maximum atomic E-state index is 12.5. The van der Waals surface area contributed by atoms with Gasteiger partial charge in [0.15, 0.2) is 0 Å². The van der Waals surface area contributed by atoms with Gasteiger partial charge in [0, 0.05) is 6.54 Å². The number of carbonyl (C=O) groups excluding carboxylic acids is 2. The lowest BCUT2D eigenvalue weighted by atomic mass is 9.81. The van der Waals surface area contributed by atoms with Gasteiger partial charge >= 0.3 is 12.1 Å². The Bertz CT molecular complexity index is 380. The summed E-state index contributed by atoms with van der Waals surface area (Å²) in [5.41, 5.74) is -1.42. The molecule has 5 nitrogen and oxygen atoms in total. The lowest BCUT2D eigenvalue weighted by molar-refractivity contribution is -0.158. The Hall–Kier alpha value is -1.20. The number of ether oxygens (including phenoxy) is 2. The van der Waals surface area contributed by atoms with Crippen LogP contribution < -0.4 is 0 Å². The van der Waals surface area contributed by atoms with Crippen LogP contribution >= 0.6 is 0 Å². The van der Waals surface area contributed by atoms with Crippen molar-refractivity contribution in [1.29, 1.82) is 0 Å². The predicted octanol–water partition coefficient (Wildman–Crippen LogP) is 2.15. The molecule has 1 rings (SSSR count). The second-order valence-electron chi connectivity index (χ2n) is 6.72. The summed E-state index contributed by atoms with van der Waals surface area (Å²) in [4.78, 5) is 26.5. The van der Waals surface area contributed by atoms with Crippen molar-refractivity contribution in [3.63, 3.8) is 0 Å². The molecule has 21 heavy (non-hydrogen) atoms. The Morgan fingerprint density at radius 3 is 2.48 bits per heavy atom. The number of carbonyl (C=O) groups is 2. The highest BCUT2D eigenvalue weighted by atomic mass is 16.6. The molecule has 0 radical (unpaired) electrons. The number of amides is 1. The van der Waals surface area contributed by atoms with Crippen molar-refractivity contribution in [2.75, 3.05) is 13.7 Å². The molecule has 1 unspecified atom stereocenters. The van der Waals surface area contributed by atoms with Crippen LogP contribution in [0, 0.1) is 0 Å². The maximum Gasteiger partial charge on any atom is 0.411 e. The maximum absolute atomic E-state index is 12.5. The van der Waals surface area contributed by atoms with E-state index >= 15 is 0 Å². The van der Waals surface area contributed by atoms with E-state index in [0.29, 0.717) is 19.4 Å². The fraction of sp³-hybridized carbons (Fsp3) is 0.867. The summed E-state index contributed by atoms with van der Waals surface area (Å²) in [6.45, 7) is 6.05. The number of hydrogen-bond acceptors (Lipinski definition) is 4. The fourth-order valence-corrected chi connectivity index (χ4v) is 2.85. The Labute approximate surface area is 128 Å². The first-order valence-electron chi connectivity index (χ1n) is 7.86. The fourth-order valence-electron chi connectivity index (χ4n) is 2.85. The molecule has 0 bridgehead atoms. The van der Waals surface area contributed by atoms with Gasteiger partial charge < -0.3 is 9.47 Å². The van der Waals surface area contributed by atoms with E-state index in [2.05, 4.69) is 7.85 Å². The lowest BCUT2D eigenvalue weighted by Crippen LogP contribution is -2.60. The summed E-state index contributed by atoms with van der Waals surface area (Å²) in [6.07, 6.45) is 4.55. The Balaban J connectivity index is 3.04. The quantitative estimate of drug-likeness (QED) is 0.589. The Kier molecular flexibility index (Phi) is 6.11. The molecule has 1 atom stereocenters. The lowest BCUT2D eigenvalue weighted by Gasteiger charge is -2.45. The normalized spacial score (nSPS) is 22.8. The molecular weight excluding hydrogens is 269 g/mol. The SMILES string of the molecule is BCCCC1(C(=O)OC)CCCCN1C(=O)OC(C)(C)C. The molecule has 0 aromatic heterocycles. The number of methoxy groups -OCH3 is 1. The molecule has 6 heteroatoms. The molecule has 1 aliphatic heterocycles. The third-order valence-electron chi connectivity index (χ3n) is 3.86. The van der Waals surface area contributed by atoms with Crippen molar-refractivity contribution in [3.8, 4) is 0 Å². The van der Waals surface area contributed by atoms with Crippen LogP contribution in [0.4, 0.5) is 4.79 Å². The molecule has 0 N–H and O–H groups in total. The van der Waals surface area contributed by atoms with E-state index in [1.165, 1.54) is 7.11 Å². The molecule has 1 fully saturated rings. The van der Waals surface area contributed by atoms with E-state index in [-0.39, 0.29) is 5.97 Å². The number of nitrogens with zero attached hydrogens (tertiary/aromatic N) is 1. The molecular formula is C15H28BNO4. The number of esters is 1. The van der Waals surface area contributed by atoms with Gasteiger partial charge in [0.25, 0.3) is 0 Å². The van der Waals surface area contributed by atoms with Crippen molar-refractivity contribution >= 4 is 19.9 Å². The first kappa shape index (κ1) is 17.9. The van der Waals surface area contributed by atoms with E-state index in [4.69, 9.17) is 9.47 Å². The molecule has 1 saturated heterocycles. The van der Waals surface area contributed by atoms with Crippen LogP contribution in [-0.4, -0.2) is 49.6 Å². The summed E-state index contributed by atoms with van der Waals surface area (Å²) in [5, 5.41) is 0. The number of piperidine rings is 1. The summed E-state index contributed by atoms with van der Waals surface area (Å²) in [6, 6.07) is 0. The molecule has 0 spiro atoms. The first-order chi connectivity index (χ1) is 9.77. The van der Waals surface area contributed by atoms with Crippen LogP contribution in [0.25, 0.3) is 0 Å². The number of hydrogen-bond donors (Lipinski definition) is 0. The van der Waals surface area contributed by atoms with E-state index in [1.807, 2.05) is 20.8 Å². The molecule has 0 aromatic rings. The summed E-state index contributed by atoms with van der Waals surface area (Å²) in [7, 11) is 3.46. The monoisotopic (exact) mass is 297 g/mol. The van der Waals surface area contributed by atoms with Crippen LogP contribution in [0.1, 0.15) is 52.9 Å². The van der Waals surface area contributed by atoms with Gasteiger partial charge in [-0.05, 0) is 46.5 Å². The second kappa shape index (κ2) is 7.18. The molecule has 0 aromatic carbocycles. The number of likely N-dealkylation sites (tertiary alicyclic amines) is 1. The van der Waals surface area contributed by atoms with Gasteiger partial charge in [-0.25, -0.2) is 9.59 Å². The molecule has 120 valence electrons. The minimum absolute atomic E-state index is 0.318. The third kappa shape index (κ3) is 4.38. The molecule has 1 heterocycles. The van der Waals surface area contributed by atoms with Crippen LogP contribution in [-0.2, 0) is 14.3 Å². The summed E-state index contributed by atoms with van der Waals surface area (Å²) in [5.74, 6) is -0.318. The van der Waals surface area contributed by atoms with E-state index < -0.39 is 17.2 Å². The van der Waals surface area contributed by atoms with Crippen molar-refractivity contribution in [3.05, 3.63) is 0 Å². The zero-order chi connectivity index (χ0) is 16.1. The molecule has 0 aliphatic carbocycles. The standard InChI is InChI=1S/C15H28BNO4/c1-14(2,3)21-13(19)17-11-6-5-8-15(17,9-7-10-16)12(18)20-4/h5-11,16H2,1-4H3. The van der Waals surface area contributed by atoms with Crippen molar-refractivity contribution in [1.82, 2.24) is 4.90 Å². The smallest absolute Gasteiger partial charge is 0.411 e. The molecule has 0 saturated carbocycles. The van der Waals surface area contributed by atoms with Crippen LogP contribution in [0.15, 0.2) is 0 Å². The minimum atomic E-state index is -0.856. The highest BCUT2D eigenvalue weighted by molar-refractivity contribution is 6.08. The van der Waals surface area contributed by atoms with Gasteiger partial charge in [0.1, 0.15) is 19.0 Å². The zero-order valence-electron chi connectivity index (χ0n) is 14.0. The highest BCUT2D eigenvalue weighted by Gasteiger charge is 2.49. The van der Waals surface area contributed by atoms with Gasteiger partial charge in [-0.3, -0.25) is 4.90 Å².